The van der Waals surface area contributed by atoms with Gasteiger partial charge < -0.3 is 10.1 Å². The second kappa shape index (κ2) is 8.78. The molecule has 0 spiro atoms. The van der Waals surface area contributed by atoms with Gasteiger partial charge in [-0.1, -0.05) is 42.5 Å². The van der Waals surface area contributed by atoms with Gasteiger partial charge in [0.1, 0.15) is 6.10 Å². The van der Waals surface area contributed by atoms with Gasteiger partial charge in [-0.3, -0.25) is 4.79 Å². The Morgan fingerprint density at radius 2 is 1.79 bits per heavy atom. The van der Waals surface area contributed by atoms with Crippen molar-refractivity contribution in [1.82, 2.24) is 4.98 Å². The van der Waals surface area contributed by atoms with Crippen molar-refractivity contribution in [2.75, 3.05) is 5.32 Å². The van der Waals surface area contributed by atoms with E-state index in [2.05, 4.69) is 54.0 Å². The molecule has 1 saturated carbocycles. The molecular formula is C24H26N2O2S. The van der Waals surface area contributed by atoms with Gasteiger partial charge in [0.05, 0.1) is 5.69 Å². The molecule has 0 saturated heterocycles. The highest BCUT2D eigenvalue weighted by atomic mass is 32.1. The largest absolute Gasteiger partial charge is 0.463 e. The standard InChI is InChI=1S/C24H26N2O2S/c1-16-5-3-4-6-22(16)25-24-26-23(15-29-24)20-9-7-18(8-10-20)19-11-13-21(14-12-19)28-17(2)27/h3-10,15,19,21H,11-14H2,1-2H3,(H,25,26). The molecule has 1 aromatic heterocycles. The van der Waals surface area contributed by atoms with Crippen molar-refractivity contribution in [2.45, 2.75) is 51.6 Å². The number of aromatic nitrogens is 1. The molecule has 29 heavy (non-hydrogen) atoms. The van der Waals surface area contributed by atoms with E-state index in [0.29, 0.717) is 5.92 Å². The van der Waals surface area contributed by atoms with Crippen molar-refractivity contribution < 1.29 is 9.53 Å². The lowest BCUT2D eigenvalue weighted by molar-refractivity contribution is -0.147. The molecule has 5 heteroatoms. The average Bonchev–Trinajstić information content (AvgIpc) is 3.19. The second-order valence-electron chi connectivity index (χ2n) is 7.68. The van der Waals surface area contributed by atoms with E-state index >= 15 is 0 Å². The minimum atomic E-state index is -0.169. The van der Waals surface area contributed by atoms with Crippen molar-refractivity contribution >= 4 is 28.1 Å². The van der Waals surface area contributed by atoms with E-state index in [-0.39, 0.29) is 12.1 Å². The van der Waals surface area contributed by atoms with Crippen molar-refractivity contribution in [2.24, 2.45) is 0 Å². The van der Waals surface area contributed by atoms with Crippen LogP contribution in [0.25, 0.3) is 11.3 Å². The van der Waals surface area contributed by atoms with Gasteiger partial charge in [-0.2, -0.15) is 0 Å². The highest BCUT2D eigenvalue weighted by Gasteiger charge is 2.24. The minimum Gasteiger partial charge on any atom is -0.463 e. The lowest BCUT2D eigenvalue weighted by atomic mass is 9.82. The minimum absolute atomic E-state index is 0.0946. The monoisotopic (exact) mass is 406 g/mol. The lowest BCUT2D eigenvalue weighted by Crippen LogP contribution is -2.22. The fourth-order valence-electron chi connectivity index (χ4n) is 3.97. The summed E-state index contributed by atoms with van der Waals surface area (Å²) in [5.41, 5.74) is 5.79. The van der Waals surface area contributed by atoms with Crippen LogP contribution in [0.5, 0.6) is 0 Å². The van der Waals surface area contributed by atoms with Gasteiger partial charge in [0.2, 0.25) is 0 Å². The number of nitrogens with zero attached hydrogens (tertiary/aromatic N) is 1. The van der Waals surface area contributed by atoms with Crippen molar-refractivity contribution in [3.05, 3.63) is 65.0 Å². The summed E-state index contributed by atoms with van der Waals surface area (Å²) in [6.45, 7) is 3.58. The van der Waals surface area contributed by atoms with Gasteiger partial charge in [0.25, 0.3) is 0 Å². The van der Waals surface area contributed by atoms with Crippen LogP contribution in [-0.4, -0.2) is 17.1 Å². The Morgan fingerprint density at radius 3 is 2.48 bits per heavy atom. The molecule has 0 unspecified atom stereocenters. The average molecular weight is 407 g/mol. The number of thiazole rings is 1. The topological polar surface area (TPSA) is 51.2 Å². The molecule has 0 radical (unpaired) electrons. The van der Waals surface area contributed by atoms with Crippen LogP contribution in [0.3, 0.4) is 0 Å². The third kappa shape index (κ3) is 4.85. The molecule has 0 aliphatic heterocycles. The first kappa shape index (κ1) is 19.6. The van der Waals surface area contributed by atoms with Gasteiger partial charge in [0, 0.05) is 23.6 Å². The zero-order valence-corrected chi connectivity index (χ0v) is 17.7. The van der Waals surface area contributed by atoms with Crippen LogP contribution in [-0.2, 0) is 9.53 Å². The van der Waals surface area contributed by atoms with Crippen molar-refractivity contribution in [3.63, 3.8) is 0 Å². The maximum atomic E-state index is 11.1. The van der Waals surface area contributed by atoms with E-state index in [0.717, 1.165) is 47.8 Å². The van der Waals surface area contributed by atoms with Crippen LogP contribution < -0.4 is 5.32 Å². The fraction of sp³-hybridized carbons (Fsp3) is 0.333. The number of para-hydroxylation sites is 1. The summed E-state index contributed by atoms with van der Waals surface area (Å²) in [5.74, 6) is 0.377. The predicted molar refractivity (Wildman–Crippen MR) is 119 cm³/mol. The summed E-state index contributed by atoms with van der Waals surface area (Å²) >= 11 is 1.62. The first-order valence-electron chi connectivity index (χ1n) is 10.1. The maximum absolute atomic E-state index is 11.1. The maximum Gasteiger partial charge on any atom is 0.302 e. The van der Waals surface area contributed by atoms with Gasteiger partial charge in [-0.15, -0.1) is 11.3 Å². The second-order valence-corrected chi connectivity index (χ2v) is 8.54. The SMILES string of the molecule is CC(=O)OC1CCC(c2ccc(-c3csc(Nc4ccccc4C)n3)cc2)CC1. The number of hydrogen-bond acceptors (Lipinski definition) is 5. The summed E-state index contributed by atoms with van der Waals surface area (Å²) in [4.78, 5) is 15.9. The van der Waals surface area contributed by atoms with E-state index in [1.807, 2.05) is 12.1 Å². The van der Waals surface area contributed by atoms with E-state index in [1.165, 1.54) is 18.1 Å². The Morgan fingerprint density at radius 1 is 1.07 bits per heavy atom. The van der Waals surface area contributed by atoms with Gasteiger partial charge in [-0.05, 0) is 55.7 Å². The van der Waals surface area contributed by atoms with E-state index in [4.69, 9.17) is 9.72 Å². The Labute approximate surface area is 176 Å². The third-order valence-corrected chi connectivity index (χ3v) is 6.33. The number of anilines is 2. The summed E-state index contributed by atoms with van der Waals surface area (Å²) in [6.07, 6.45) is 4.13. The summed E-state index contributed by atoms with van der Waals surface area (Å²) < 4.78 is 5.35. The Bertz CT molecular complexity index is 973. The van der Waals surface area contributed by atoms with E-state index < -0.39 is 0 Å². The smallest absolute Gasteiger partial charge is 0.302 e. The molecule has 1 aliphatic carbocycles. The molecule has 0 atom stereocenters. The number of esters is 1. The molecule has 2 aromatic carbocycles. The molecule has 4 rings (SSSR count). The summed E-state index contributed by atoms with van der Waals surface area (Å²) in [5, 5.41) is 6.42. The number of carbonyl (C=O) groups is 1. The first-order chi connectivity index (χ1) is 14.1. The number of hydrogen-bond donors (Lipinski definition) is 1. The molecule has 150 valence electrons. The molecular weight excluding hydrogens is 380 g/mol. The third-order valence-electron chi connectivity index (χ3n) is 5.58. The predicted octanol–water partition coefficient (Wildman–Crippen LogP) is 6.45. The van der Waals surface area contributed by atoms with Crippen LogP contribution in [0.2, 0.25) is 0 Å². The molecule has 3 aromatic rings. The number of benzene rings is 2. The Balaban J connectivity index is 1.39. The van der Waals surface area contributed by atoms with Gasteiger partial charge in [0.15, 0.2) is 5.13 Å². The van der Waals surface area contributed by atoms with Crippen LogP contribution in [0.1, 0.15) is 49.7 Å². The molecule has 4 nitrogen and oxygen atoms in total. The number of aryl methyl sites for hydroxylation is 1. The zero-order chi connectivity index (χ0) is 20.2. The van der Waals surface area contributed by atoms with Crippen molar-refractivity contribution in [3.8, 4) is 11.3 Å². The summed E-state index contributed by atoms with van der Waals surface area (Å²) in [7, 11) is 0. The molecule has 1 aliphatic rings. The number of nitrogens with one attached hydrogen (secondary N) is 1. The fourth-order valence-corrected chi connectivity index (χ4v) is 4.70. The first-order valence-corrected chi connectivity index (χ1v) is 11.0. The van der Waals surface area contributed by atoms with E-state index in [9.17, 15) is 4.79 Å². The van der Waals surface area contributed by atoms with Crippen LogP contribution in [0, 0.1) is 6.92 Å². The Hall–Kier alpha value is -2.66. The molecule has 1 N–H and O–H groups in total. The number of ether oxygens (including phenoxy) is 1. The lowest BCUT2D eigenvalue weighted by Gasteiger charge is -2.28. The zero-order valence-electron chi connectivity index (χ0n) is 16.9. The molecule has 0 amide bonds. The van der Waals surface area contributed by atoms with Crippen molar-refractivity contribution in [1.29, 1.82) is 0 Å². The van der Waals surface area contributed by atoms with Gasteiger partial charge in [-0.25, -0.2) is 4.98 Å². The quantitative estimate of drug-likeness (QED) is 0.495. The van der Waals surface area contributed by atoms with Crippen LogP contribution in [0.4, 0.5) is 10.8 Å². The molecule has 0 bridgehead atoms. The highest BCUT2D eigenvalue weighted by Crippen LogP contribution is 2.35. The molecule has 1 heterocycles. The number of carbonyl (C=O) groups excluding carboxylic acids is 1. The van der Waals surface area contributed by atoms with Crippen LogP contribution in [0.15, 0.2) is 53.9 Å². The highest BCUT2D eigenvalue weighted by molar-refractivity contribution is 7.14. The number of rotatable bonds is 5. The summed E-state index contributed by atoms with van der Waals surface area (Å²) in [6, 6.07) is 17.0. The molecule has 1 fully saturated rings. The van der Waals surface area contributed by atoms with Crippen LogP contribution >= 0.6 is 11.3 Å². The van der Waals surface area contributed by atoms with E-state index in [1.54, 1.807) is 11.3 Å². The normalized spacial score (nSPS) is 19.0. The van der Waals surface area contributed by atoms with Gasteiger partial charge >= 0.3 is 5.97 Å². The Kier molecular flexibility index (Phi) is 5.95.